The second-order valence-corrected chi connectivity index (χ2v) is 6.26. The zero-order valence-electron chi connectivity index (χ0n) is 11.8. The molecule has 0 aliphatic rings. The number of ether oxygens (including phenoxy) is 1. The van der Waals surface area contributed by atoms with Crippen molar-refractivity contribution < 1.29 is 17.9 Å². The molecule has 0 saturated carbocycles. The van der Waals surface area contributed by atoms with E-state index < -0.39 is 10.0 Å². The maximum absolute atomic E-state index is 11.9. The van der Waals surface area contributed by atoms with E-state index in [1.807, 2.05) is 13.8 Å². The first-order valence-electron chi connectivity index (χ1n) is 6.25. The minimum absolute atomic E-state index is 0.00492. The summed E-state index contributed by atoms with van der Waals surface area (Å²) in [4.78, 5) is 11.9. The van der Waals surface area contributed by atoms with Crippen molar-refractivity contribution in [2.24, 2.45) is 5.14 Å². The lowest BCUT2D eigenvalue weighted by molar-refractivity contribution is 0.0746. The maximum Gasteiger partial charge on any atom is 0.251 e. The number of hydrogen-bond acceptors (Lipinski definition) is 4. The molecule has 20 heavy (non-hydrogen) atoms. The summed E-state index contributed by atoms with van der Waals surface area (Å²) in [5.41, 5.74) is 0.973. The Labute approximate surface area is 119 Å². The highest BCUT2D eigenvalue weighted by Crippen LogP contribution is 2.14. The molecule has 1 aromatic carbocycles. The van der Waals surface area contributed by atoms with Gasteiger partial charge in [0.15, 0.2) is 0 Å². The van der Waals surface area contributed by atoms with Crippen LogP contribution in [0.4, 0.5) is 0 Å². The lowest BCUT2D eigenvalue weighted by Gasteiger charge is -2.10. The van der Waals surface area contributed by atoms with Crippen LogP contribution in [0.5, 0.6) is 0 Å². The topological polar surface area (TPSA) is 98.5 Å². The largest absolute Gasteiger partial charge is 0.377 e. The van der Waals surface area contributed by atoms with E-state index in [2.05, 4.69) is 5.32 Å². The van der Waals surface area contributed by atoms with Gasteiger partial charge < -0.3 is 10.1 Å². The van der Waals surface area contributed by atoms with Gasteiger partial charge in [-0.1, -0.05) is 0 Å². The molecule has 112 valence electrons. The minimum Gasteiger partial charge on any atom is -0.377 e. The molecule has 3 N–H and O–H groups in total. The summed E-state index contributed by atoms with van der Waals surface area (Å²) in [6.45, 7) is 6.31. The maximum atomic E-state index is 11.9. The molecular formula is C13H20N2O4S. The van der Waals surface area contributed by atoms with E-state index in [0.717, 1.165) is 0 Å². The SMILES string of the molecule is Cc1cc(S(N)(=O)=O)ccc1C(=O)NCCOC(C)C. The quantitative estimate of drug-likeness (QED) is 0.759. The lowest BCUT2D eigenvalue weighted by Crippen LogP contribution is -2.28. The normalized spacial score (nSPS) is 11.7. The monoisotopic (exact) mass is 300 g/mol. The van der Waals surface area contributed by atoms with Crippen LogP contribution >= 0.6 is 0 Å². The zero-order valence-corrected chi connectivity index (χ0v) is 12.7. The van der Waals surface area contributed by atoms with E-state index in [0.29, 0.717) is 24.3 Å². The summed E-state index contributed by atoms with van der Waals surface area (Å²) in [7, 11) is -3.75. The Morgan fingerprint density at radius 3 is 2.55 bits per heavy atom. The number of primary sulfonamides is 1. The van der Waals surface area contributed by atoms with E-state index >= 15 is 0 Å². The summed E-state index contributed by atoms with van der Waals surface area (Å²) in [5, 5.41) is 7.74. The number of nitrogens with two attached hydrogens (primary N) is 1. The van der Waals surface area contributed by atoms with E-state index in [1.165, 1.54) is 18.2 Å². The number of amides is 1. The Morgan fingerprint density at radius 2 is 2.05 bits per heavy atom. The number of carbonyl (C=O) groups is 1. The first-order chi connectivity index (χ1) is 9.21. The van der Waals surface area contributed by atoms with Crippen molar-refractivity contribution in [3.8, 4) is 0 Å². The van der Waals surface area contributed by atoms with Crippen LogP contribution in [-0.2, 0) is 14.8 Å². The molecule has 1 rings (SSSR count). The molecule has 0 spiro atoms. The van der Waals surface area contributed by atoms with Crippen LogP contribution < -0.4 is 10.5 Å². The van der Waals surface area contributed by atoms with Crippen molar-refractivity contribution in [3.63, 3.8) is 0 Å². The molecule has 1 aromatic rings. The fraction of sp³-hybridized carbons (Fsp3) is 0.462. The Hall–Kier alpha value is -1.44. The predicted molar refractivity (Wildman–Crippen MR) is 76.0 cm³/mol. The molecule has 0 heterocycles. The fourth-order valence-electron chi connectivity index (χ4n) is 1.62. The molecule has 0 aromatic heterocycles. The molecule has 0 saturated heterocycles. The van der Waals surface area contributed by atoms with Crippen molar-refractivity contribution >= 4 is 15.9 Å². The predicted octanol–water partition coefficient (Wildman–Crippen LogP) is 0.797. The molecule has 0 aliphatic heterocycles. The van der Waals surface area contributed by atoms with Gasteiger partial charge in [0.2, 0.25) is 10.0 Å². The molecular weight excluding hydrogens is 280 g/mol. The number of nitrogens with one attached hydrogen (secondary N) is 1. The molecule has 1 amide bonds. The summed E-state index contributed by atoms with van der Waals surface area (Å²) < 4.78 is 27.7. The van der Waals surface area contributed by atoms with Gasteiger partial charge in [-0.05, 0) is 44.5 Å². The van der Waals surface area contributed by atoms with E-state index in [1.54, 1.807) is 6.92 Å². The van der Waals surface area contributed by atoms with Gasteiger partial charge in [-0.25, -0.2) is 13.6 Å². The van der Waals surface area contributed by atoms with Gasteiger partial charge in [0, 0.05) is 12.1 Å². The Morgan fingerprint density at radius 1 is 1.40 bits per heavy atom. The first-order valence-corrected chi connectivity index (χ1v) is 7.79. The van der Waals surface area contributed by atoms with Crippen molar-refractivity contribution in [1.82, 2.24) is 5.32 Å². The third-order valence-electron chi connectivity index (χ3n) is 2.61. The summed E-state index contributed by atoms with van der Waals surface area (Å²) in [6, 6.07) is 4.16. The van der Waals surface area contributed by atoms with Crippen LogP contribution in [0.25, 0.3) is 0 Å². The van der Waals surface area contributed by atoms with Gasteiger partial charge in [0.1, 0.15) is 0 Å². The highest BCUT2D eigenvalue weighted by molar-refractivity contribution is 7.89. The van der Waals surface area contributed by atoms with Gasteiger partial charge >= 0.3 is 0 Å². The second-order valence-electron chi connectivity index (χ2n) is 4.70. The number of carbonyl (C=O) groups excluding carboxylic acids is 1. The number of benzene rings is 1. The fourth-order valence-corrected chi connectivity index (χ4v) is 2.22. The Balaban J connectivity index is 2.70. The van der Waals surface area contributed by atoms with Gasteiger partial charge in [-0.2, -0.15) is 0 Å². The van der Waals surface area contributed by atoms with Crippen LogP contribution in [0, 0.1) is 6.92 Å². The van der Waals surface area contributed by atoms with Crippen LogP contribution in [0.2, 0.25) is 0 Å². The van der Waals surface area contributed by atoms with Crippen LogP contribution in [-0.4, -0.2) is 33.6 Å². The molecule has 0 unspecified atom stereocenters. The van der Waals surface area contributed by atoms with E-state index in [4.69, 9.17) is 9.88 Å². The molecule has 0 aliphatic carbocycles. The van der Waals surface area contributed by atoms with E-state index in [9.17, 15) is 13.2 Å². The van der Waals surface area contributed by atoms with Gasteiger partial charge in [-0.3, -0.25) is 4.79 Å². The van der Waals surface area contributed by atoms with Crippen LogP contribution in [0.3, 0.4) is 0 Å². The molecule has 7 heteroatoms. The highest BCUT2D eigenvalue weighted by Gasteiger charge is 2.13. The van der Waals surface area contributed by atoms with Crippen LogP contribution in [0.1, 0.15) is 29.8 Å². The number of hydrogen-bond donors (Lipinski definition) is 2. The first kappa shape index (κ1) is 16.6. The third kappa shape index (κ3) is 4.92. The second kappa shape index (κ2) is 6.83. The number of aryl methyl sites for hydroxylation is 1. The Kier molecular flexibility index (Phi) is 5.67. The van der Waals surface area contributed by atoms with E-state index in [-0.39, 0.29) is 16.9 Å². The third-order valence-corrected chi connectivity index (χ3v) is 3.52. The summed E-state index contributed by atoms with van der Waals surface area (Å²) >= 11 is 0. The molecule has 6 nitrogen and oxygen atoms in total. The van der Waals surface area contributed by atoms with Crippen molar-refractivity contribution in [2.75, 3.05) is 13.2 Å². The lowest BCUT2D eigenvalue weighted by atomic mass is 10.1. The zero-order chi connectivity index (χ0) is 15.3. The van der Waals surface area contributed by atoms with Crippen molar-refractivity contribution in [2.45, 2.75) is 31.8 Å². The van der Waals surface area contributed by atoms with Crippen LogP contribution in [0.15, 0.2) is 23.1 Å². The van der Waals surface area contributed by atoms with Gasteiger partial charge in [-0.15, -0.1) is 0 Å². The molecule has 0 fully saturated rings. The van der Waals surface area contributed by atoms with Gasteiger partial charge in [0.25, 0.3) is 5.91 Å². The van der Waals surface area contributed by atoms with Crippen molar-refractivity contribution in [1.29, 1.82) is 0 Å². The summed E-state index contributed by atoms with van der Waals surface area (Å²) in [5.74, 6) is -0.268. The molecule has 0 radical (unpaired) electrons. The average molecular weight is 300 g/mol. The Bertz CT molecular complexity index is 582. The molecule has 0 bridgehead atoms. The minimum atomic E-state index is -3.75. The smallest absolute Gasteiger partial charge is 0.251 e. The average Bonchev–Trinajstić information content (AvgIpc) is 2.32. The molecule has 0 atom stereocenters. The van der Waals surface area contributed by atoms with Gasteiger partial charge in [0.05, 0.1) is 17.6 Å². The standard InChI is InChI=1S/C13H20N2O4S/c1-9(2)19-7-6-15-13(16)12-5-4-11(8-10(12)3)20(14,17)18/h4-5,8-9H,6-7H2,1-3H3,(H,15,16)(H2,14,17,18). The van der Waals surface area contributed by atoms with Crippen molar-refractivity contribution in [3.05, 3.63) is 29.3 Å². The number of rotatable bonds is 6. The highest BCUT2D eigenvalue weighted by atomic mass is 32.2. The number of sulfonamides is 1. The summed E-state index contributed by atoms with van der Waals surface area (Å²) in [6.07, 6.45) is 0.114.